The van der Waals surface area contributed by atoms with Crippen LogP contribution in [0.3, 0.4) is 0 Å². The predicted molar refractivity (Wildman–Crippen MR) is 352 cm³/mol. The van der Waals surface area contributed by atoms with Crippen molar-refractivity contribution >= 4 is 11.9 Å². The normalized spacial score (nSPS) is 12.7. The summed E-state index contributed by atoms with van der Waals surface area (Å²) < 4.78 is 5.49. The summed E-state index contributed by atoms with van der Waals surface area (Å²) in [5.41, 5.74) is 0. The van der Waals surface area contributed by atoms with Gasteiger partial charge in [-0.3, -0.25) is 9.59 Å². The molecule has 0 bridgehead atoms. The molecule has 3 N–H and O–H groups in total. The monoisotopic (exact) mass is 1120 g/mol. The topological polar surface area (TPSA) is 95.9 Å². The first-order valence-electron chi connectivity index (χ1n) is 36.3. The molecule has 6 nitrogen and oxygen atoms in total. The zero-order valence-corrected chi connectivity index (χ0v) is 54.1. The Hall–Kier alpha value is -1.92. The molecule has 0 aromatic rings. The molecule has 0 aliphatic carbocycles. The summed E-state index contributed by atoms with van der Waals surface area (Å²) in [7, 11) is 0. The van der Waals surface area contributed by atoms with Crippen LogP contribution in [0.15, 0.2) is 36.5 Å². The van der Waals surface area contributed by atoms with Crippen LogP contribution in [0.2, 0.25) is 0 Å². The molecule has 1 amide bonds. The highest BCUT2D eigenvalue weighted by Crippen LogP contribution is 2.19. The summed E-state index contributed by atoms with van der Waals surface area (Å²) >= 11 is 0. The lowest BCUT2D eigenvalue weighted by molar-refractivity contribution is -0.143. The average Bonchev–Trinajstić information content (AvgIpc) is 3.46. The van der Waals surface area contributed by atoms with E-state index in [0.29, 0.717) is 19.4 Å². The van der Waals surface area contributed by atoms with Gasteiger partial charge >= 0.3 is 5.97 Å². The number of nitrogens with one attached hydrogen (secondary N) is 1. The molecule has 0 heterocycles. The van der Waals surface area contributed by atoms with Crippen molar-refractivity contribution in [2.45, 2.75) is 411 Å². The zero-order chi connectivity index (χ0) is 57.8. The van der Waals surface area contributed by atoms with Crippen LogP contribution in [0.1, 0.15) is 399 Å². The molecule has 0 aliphatic heterocycles. The molecule has 2 atom stereocenters. The Bertz CT molecular complexity index is 1300. The van der Waals surface area contributed by atoms with Gasteiger partial charge in [-0.15, -0.1) is 0 Å². The fraction of sp³-hybridized carbons (Fsp3) is 0.892. The van der Waals surface area contributed by atoms with Crippen LogP contribution in [0, 0.1) is 0 Å². The van der Waals surface area contributed by atoms with Gasteiger partial charge in [0, 0.05) is 12.8 Å². The van der Waals surface area contributed by atoms with E-state index < -0.39 is 12.1 Å². The summed E-state index contributed by atoms with van der Waals surface area (Å²) in [6.45, 7) is 4.89. The van der Waals surface area contributed by atoms with Crippen molar-refractivity contribution in [1.29, 1.82) is 0 Å². The summed E-state index contributed by atoms with van der Waals surface area (Å²) in [5.74, 6) is -0.0528. The molecule has 6 heteroatoms. The Morgan fingerprint density at radius 1 is 0.350 bits per heavy atom. The number of amides is 1. The number of rotatable bonds is 68. The molecule has 0 saturated carbocycles. The van der Waals surface area contributed by atoms with Crippen LogP contribution in [0.4, 0.5) is 0 Å². The highest BCUT2D eigenvalue weighted by Gasteiger charge is 2.18. The number of allylic oxidation sites excluding steroid dienone is 5. The summed E-state index contributed by atoms with van der Waals surface area (Å²) in [6, 6.07) is -0.623. The van der Waals surface area contributed by atoms with Crippen molar-refractivity contribution < 1.29 is 24.5 Å². The molecule has 0 aromatic heterocycles. The molecule has 0 saturated heterocycles. The third-order valence-electron chi connectivity index (χ3n) is 16.9. The van der Waals surface area contributed by atoms with E-state index in [1.807, 2.05) is 6.08 Å². The largest absolute Gasteiger partial charge is 0.466 e. The van der Waals surface area contributed by atoms with E-state index in [2.05, 4.69) is 43.5 Å². The molecule has 0 aliphatic rings. The molecule has 2 unspecified atom stereocenters. The number of carbonyl (C=O) groups is 2. The second-order valence-electron chi connectivity index (χ2n) is 24.9. The second kappa shape index (κ2) is 69.6. The standard InChI is InChI=1S/C74H141NO5/c1-3-5-7-9-11-13-15-17-42-46-50-54-58-62-66-72(77)71(70-76)75-73(78)67-63-59-55-51-47-43-40-38-36-34-32-30-28-26-24-22-20-19-21-23-25-27-29-31-33-35-37-39-41-45-49-53-57-61-65-69-80-74(79)68-64-60-56-52-48-44-18-16-14-12-10-8-6-4-2/h10,12,16,18,62,66,71-72,76-77H,3-9,11,13-15,17,19-61,63-65,67-70H2,1-2H3,(H,75,78)/b12-10-,18-16-,66-62+. The maximum atomic E-state index is 12.5. The van der Waals surface area contributed by atoms with Gasteiger partial charge in [0.15, 0.2) is 0 Å². The Morgan fingerprint density at radius 3 is 0.988 bits per heavy atom. The first-order chi connectivity index (χ1) is 39.5. The van der Waals surface area contributed by atoms with Crippen molar-refractivity contribution in [2.75, 3.05) is 13.2 Å². The van der Waals surface area contributed by atoms with Gasteiger partial charge in [-0.05, 0) is 57.8 Å². The number of hydrogen-bond donors (Lipinski definition) is 3. The number of hydrogen-bond acceptors (Lipinski definition) is 5. The molecule has 472 valence electrons. The van der Waals surface area contributed by atoms with Gasteiger partial charge in [-0.2, -0.15) is 0 Å². The summed E-state index contributed by atoms with van der Waals surface area (Å²) in [6.07, 6.45) is 89.6. The van der Waals surface area contributed by atoms with E-state index in [-0.39, 0.29) is 18.5 Å². The van der Waals surface area contributed by atoms with Crippen molar-refractivity contribution in [3.63, 3.8) is 0 Å². The van der Waals surface area contributed by atoms with Gasteiger partial charge in [0.05, 0.1) is 25.4 Å². The van der Waals surface area contributed by atoms with E-state index in [1.54, 1.807) is 6.08 Å². The predicted octanol–water partition coefficient (Wildman–Crippen LogP) is 23.5. The SMILES string of the molecule is CCCC/C=C\C/C=C\CCCCCCCC(=O)OCCCCCCCCCCCCCCCCCCCCCCCCCCCCCCCCCCCCCC(=O)NC(CO)C(O)/C=C/CCCCCCCCCCCCCC. The Kier molecular flexibility index (Phi) is 67.9. The second-order valence-corrected chi connectivity index (χ2v) is 24.9. The molecule has 80 heavy (non-hydrogen) atoms. The highest BCUT2D eigenvalue weighted by molar-refractivity contribution is 5.76. The fourth-order valence-electron chi connectivity index (χ4n) is 11.4. The lowest BCUT2D eigenvalue weighted by Crippen LogP contribution is -2.45. The van der Waals surface area contributed by atoms with Crippen LogP contribution in [0.5, 0.6) is 0 Å². The number of aliphatic hydroxyl groups is 2. The van der Waals surface area contributed by atoms with Crippen molar-refractivity contribution in [3.05, 3.63) is 36.5 Å². The van der Waals surface area contributed by atoms with Gasteiger partial charge in [-0.1, -0.05) is 365 Å². The van der Waals surface area contributed by atoms with Gasteiger partial charge in [0.1, 0.15) is 0 Å². The zero-order valence-electron chi connectivity index (χ0n) is 54.1. The molecular weight excluding hydrogens is 983 g/mol. The third-order valence-corrected chi connectivity index (χ3v) is 16.9. The van der Waals surface area contributed by atoms with Crippen LogP contribution < -0.4 is 5.32 Å². The smallest absolute Gasteiger partial charge is 0.305 e. The van der Waals surface area contributed by atoms with Crippen LogP contribution >= 0.6 is 0 Å². The number of unbranched alkanes of at least 4 members (excludes halogenated alkanes) is 53. The minimum absolute atomic E-state index is 0.00793. The fourth-order valence-corrected chi connectivity index (χ4v) is 11.4. The minimum Gasteiger partial charge on any atom is -0.466 e. The summed E-state index contributed by atoms with van der Waals surface area (Å²) in [4.78, 5) is 24.5. The highest BCUT2D eigenvalue weighted by atomic mass is 16.5. The van der Waals surface area contributed by atoms with Crippen LogP contribution in [-0.2, 0) is 14.3 Å². The van der Waals surface area contributed by atoms with Gasteiger partial charge in [0.25, 0.3) is 0 Å². The van der Waals surface area contributed by atoms with E-state index in [9.17, 15) is 19.8 Å². The average molecular weight is 1120 g/mol. The maximum absolute atomic E-state index is 12.5. The van der Waals surface area contributed by atoms with Gasteiger partial charge in [-0.25, -0.2) is 0 Å². The van der Waals surface area contributed by atoms with Crippen LogP contribution in [0.25, 0.3) is 0 Å². The quantitative estimate of drug-likeness (QED) is 0.0320. The maximum Gasteiger partial charge on any atom is 0.305 e. The van der Waals surface area contributed by atoms with Crippen LogP contribution in [-0.4, -0.2) is 47.4 Å². The lowest BCUT2D eigenvalue weighted by Gasteiger charge is -2.20. The van der Waals surface area contributed by atoms with E-state index in [0.717, 1.165) is 51.4 Å². The van der Waals surface area contributed by atoms with E-state index >= 15 is 0 Å². The molecule has 0 aromatic carbocycles. The van der Waals surface area contributed by atoms with Gasteiger partial charge in [0.2, 0.25) is 5.91 Å². The third kappa shape index (κ3) is 65.2. The minimum atomic E-state index is -0.840. The lowest BCUT2D eigenvalue weighted by atomic mass is 10.0. The molecule has 0 fully saturated rings. The number of ether oxygens (including phenoxy) is 1. The van der Waals surface area contributed by atoms with Crippen molar-refractivity contribution in [2.24, 2.45) is 0 Å². The van der Waals surface area contributed by atoms with Gasteiger partial charge < -0.3 is 20.3 Å². The van der Waals surface area contributed by atoms with E-state index in [1.165, 1.54) is 321 Å². The van der Waals surface area contributed by atoms with E-state index in [4.69, 9.17) is 4.74 Å². The molecule has 0 rings (SSSR count). The number of carbonyl (C=O) groups excluding carboxylic acids is 2. The first kappa shape index (κ1) is 78.1. The molecule has 0 spiro atoms. The molecule has 0 radical (unpaired) electrons. The Labute approximate surface area is 500 Å². The van der Waals surface area contributed by atoms with Crippen molar-refractivity contribution in [3.8, 4) is 0 Å². The summed E-state index contributed by atoms with van der Waals surface area (Å²) in [5, 5.41) is 23.2. The Balaban J connectivity index is 3.31. The molecular formula is C74H141NO5. The van der Waals surface area contributed by atoms with Crippen molar-refractivity contribution in [1.82, 2.24) is 5.32 Å². The Morgan fingerprint density at radius 2 is 0.637 bits per heavy atom. The first-order valence-corrected chi connectivity index (χ1v) is 36.3. The number of aliphatic hydroxyl groups excluding tert-OH is 2. The number of esters is 1.